The van der Waals surface area contributed by atoms with Gasteiger partial charge in [-0.15, -0.1) is 0 Å². The van der Waals surface area contributed by atoms with Gasteiger partial charge in [0.1, 0.15) is 6.23 Å². The van der Waals surface area contributed by atoms with E-state index in [1.165, 1.54) is 0 Å². The number of aliphatic hydroxyl groups is 1. The highest BCUT2D eigenvalue weighted by Crippen LogP contribution is 2.09. The number of hydrogen-bond donors (Lipinski definition) is 3. The topological polar surface area (TPSA) is 71.2 Å². The van der Waals surface area contributed by atoms with Crippen LogP contribution >= 0.6 is 0 Å². The second kappa shape index (κ2) is 6.14. The molecule has 0 bridgehead atoms. The highest BCUT2D eigenvalue weighted by atomic mass is 16.3. The average Bonchev–Trinajstić information content (AvgIpc) is 2.41. The van der Waals surface area contributed by atoms with Crippen molar-refractivity contribution in [3.05, 3.63) is 60.4 Å². The summed E-state index contributed by atoms with van der Waals surface area (Å²) in [5.74, 6) is 0. The minimum absolute atomic E-state index is 0.361. The molecule has 1 unspecified atom stereocenters. The van der Waals surface area contributed by atoms with Crippen LogP contribution in [0.15, 0.2) is 54.9 Å². The Labute approximate surface area is 106 Å². The smallest absolute Gasteiger partial charge is 0.140 e. The molecular weight excluding hydrogens is 226 g/mol. The van der Waals surface area contributed by atoms with Gasteiger partial charge in [-0.25, -0.2) is 0 Å². The molecule has 0 saturated heterocycles. The fourth-order valence-corrected chi connectivity index (χ4v) is 1.72. The third kappa shape index (κ3) is 3.55. The largest absolute Gasteiger partial charge is 0.372 e. The highest BCUT2D eigenvalue weighted by Gasteiger charge is 2.14. The summed E-state index contributed by atoms with van der Waals surface area (Å²) in [6, 6.07) is 13.1. The summed E-state index contributed by atoms with van der Waals surface area (Å²) in [7, 11) is 0. The van der Waals surface area contributed by atoms with Gasteiger partial charge in [-0.3, -0.25) is 4.98 Å². The van der Waals surface area contributed by atoms with E-state index in [1.54, 1.807) is 24.5 Å². The monoisotopic (exact) mass is 243 g/mol. The number of nitrogens with one attached hydrogen (secondary N) is 1. The molecule has 94 valence electrons. The first-order valence-corrected chi connectivity index (χ1v) is 5.90. The third-order valence-corrected chi connectivity index (χ3v) is 2.71. The van der Waals surface area contributed by atoms with Gasteiger partial charge in [0, 0.05) is 18.1 Å². The van der Waals surface area contributed by atoms with Crippen molar-refractivity contribution in [2.24, 2.45) is 5.73 Å². The average molecular weight is 243 g/mol. The van der Waals surface area contributed by atoms with Gasteiger partial charge >= 0.3 is 0 Å². The Balaban J connectivity index is 1.91. The quantitative estimate of drug-likeness (QED) is 0.694. The van der Waals surface area contributed by atoms with Crippen LogP contribution in [0.5, 0.6) is 0 Å². The fraction of sp³-hybridized carbons (Fsp3) is 0.214. The molecule has 0 aliphatic rings. The molecule has 1 aromatic heterocycles. The van der Waals surface area contributed by atoms with Crippen molar-refractivity contribution in [1.82, 2.24) is 4.98 Å². The first-order valence-electron chi connectivity index (χ1n) is 5.90. The normalized spacial score (nSPS) is 13.9. The number of nitrogens with two attached hydrogens (primary N) is 1. The maximum atomic E-state index is 9.98. The Morgan fingerprint density at radius 2 is 1.78 bits per heavy atom. The molecule has 0 radical (unpaired) electrons. The van der Waals surface area contributed by atoms with Gasteiger partial charge in [-0.1, -0.05) is 30.3 Å². The van der Waals surface area contributed by atoms with Gasteiger partial charge < -0.3 is 16.2 Å². The second-order valence-corrected chi connectivity index (χ2v) is 4.18. The van der Waals surface area contributed by atoms with Crippen LogP contribution in [-0.2, 0) is 6.42 Å². The van der Waals surface area contributed by atoms with E-state index in [9.17, 15) is 5.11 Å². The number of nitrogens with zero attached hydrogens (tertiary/aromatic N) is 1. The molecule has 4 nitrogen and oxygen atoms in total. The van der Waals surface area contributed by atoms with Crippen LogP contribution < -0.4 is 11.1 Å². The zero-order valence-electron chi connectivity index (χ0n) is 10.0. The predicted octanol–water partition coefficient (Wildman–Crippen LogP) is 1.38. The summed E-state index contributed by atoms with van der Waals surface area (Å²) >= 11 is 0. The van der Waals surface area contributed by atoms with E-state index in [0.717, 1.165) is 11.3 Å². The maximum Gasteiger partial charge on any atom is 0.140 e. The molecule has 1 aromatic carbocycles. The molecule has 0 amide bonds. The molecule has 2 atom stereocenters. The van der Waals surface area contributed by atoms with Crippen LogP contribution in [0.4, 0.5) is 5.69 Å². The van der Waals surface area contributed by atoms with E-state index < -0.39 is 6.23 Å². The van der Waals surface area contributed by atoms with Crippen LogP contribution in [0, 0.1) is 0 Å². The molecule has 2 aromatic rings. The molecule has 0 fully saturated rings. The Morgan fingerprint density at radius 3 is 2.44 bits per heavy atom. The van der Waals surface area contributed by atoms with Crippen molar-refractivity contribution >= 4 is 5.69 Å². The predicted molar refractivity (Wildman–Crippen MR) is 72.0 cm³/mol. The minimum Gasteiger partial charge on any atom is -0.372 e. The molecule has 0 aliphatic carbocycles. The first-order chi connectivity index (χ1) is 8.75. The SMILES string of the molecule is N[C@@H](Cc1ccccc1)C(O)Nc1ccncc1. The minimum atomic E-state index is -0.785. The molecule has 4 heteroatoms. The van der Waals surface area contributed by atoms with Crippen molar-refractivity contribution in [2.75, 3.05) is 5.32 Å². The lowest BCUT2D eigenvalue weighted by atomic mass is 10.1. The summed E-state index contributed by atoms with van der Waals surface area (Å²) in [4.78, 5) is 3.91. The lowest BCUT2D eigenvalue weighted by Gasteiger charge is -2.21. The molecule has 0 spiro atoms. The molecule has 18 heavy (non-hydrogen) atoms. The Kier molecular flexibility index (Phi) is 4.28. The van der Waals surface area contributed by atoms with E-state index in [1.807, 2.05) is 30.3 Å². The number of rotatable bonds is 5. The molecule has 1 heterocycles. The van der Waals surface area contributed by atoms with Crippen LogP contribution in [-0.4, -0.2) is 22.4 Å². The van der Waals surface area contributed by atoms with Gasteiger partial charge in [0.15, 0.2) is 0 Å². The summed E-state index contributed by atoms with van der Waals surface area (Å²) in [6.45, 7) is 0. The van der Waals surface area contributed by atoms with Crippen molar-refractivity contribution in [3.8, 4) is 0 Å². The molecule has 4 N–H and O–H groups in total. The highest BCUT2D eigenvalue weighted by molar-refractivity contribution is 5.41. The number of anilines is 1. The number of aromatic nitrogens is 1. The lowest BCUT2D eigenvalue weighted by molar-refractivity contribution is 0.171. The van der Waals surface area contributed by atoms with Crippen LogP contribution in [0.1, 0.15) is 5.56 Å². The summed E-state index contributed by atoms with van der Waals surface area (Å²) < 4.78 is 0. The first kappa shape index (κ1) is 12.5. The van der Waals surface area contributed by atoms with Gasteiger partial charge in [0.2, 0.25) is 0 Å². The molecule has 0 saturated carbocycles. The fourth-order valence-electron chi connectivity index (χ4n) is 1.72. The van der Waals surface area contributed by atoms with Gasteiger partial charge in [-0.05, 0) is 24.1 Å². The Hall–Kier alpha value is -1.91. The van der Waals surface area contributed by atoms with Crippen LogP contribution in [0.3, 0.4) is 0 Å². The standard InChI is InChI=1S/C14H17N3O/c15-13(10-11-4-2-1-3-5-11)14(18)17-12-6-8-16-9-7-12/h1-9,13-14,18H,10,15H2,(H,16,17)/t13-,14?/m0/s1. The molecule has 2 rings (SSSR count). The van der Waals surface area contributed by atoms with Crippen molar-refractivity contribution in [1.29, 1.82) is 0 Å². The Morgan fingerprint density at radius 1 is 1.11 bits per heavy atom. The van der Waals surface area contributed by atoms with E-state index >= 15 is 0 Å². The maximum absolute atomic E-state index is 9.98. The molecule has 0 aliphatic heterocycles. The zero-order chi connectivity index (χ0) is 12.8. The summed E-state index contributed by atoms with van der Waals surface area (Å²) in [5.41, 5.74) is 7.89. The zero-order valence-corrected chi connectivity index (χ0v) is 10.0. The van der Waals surface area contributed by atoms with Gasteiger partial charge in [-0.2, -0.15) is 0 Å². The van der Waals surface area contributed by atoms with E-state index in [4.69, 9.17) is 5.73 Å². The second-order valence-electron chi connectivity index (χ2n) is 4.18. The number of hydrogen-bond acceptors (Lipinski definition) is 4. The Bertz CT molecular complexity index is 415. The summed E-state index contributed by atoms with van der Waals surface area (Å²) in [5, 5.41) is 12.9. The molecular formula is C14H17N3O. The van der Waals surface area contributed by atoms with Gasteiger partial charge in [0.25, 0.3) is 0 Å². The van der Waals surface area contributed by atoms with E-state index in [0.29, 0.717) is 6.42 Å². The number of pyridine rings is 1. The van der Waals surface area contributed by atoms with Crippen molar-refractivity contribution in [3.63, 3.8) is 0 Å². The van der Waals surface area contributed by atoms with E-state index in [2.05, 4.69) is 10.3 Å². The lowest BCUT2D eigenvalue weighted by Crippen LogP contribution is -2.41. The van der Waals surface area contributed by atoms with E-state index in [-0.39, 0.29) is 6.04 Å². The number of benzene rings is 1. The van der Waals surface area contributed by atoms with Crippen molar-refractivity contribution in [2.45, 2.75) is 18.7 Å². The van der Waals surface area contributed by atoms with Crippen LogP contribution in [0.2, 0.25) is 0 Å². The third-order valence-electron chi connectivity index (χ3n) is 2.71. The van der Waals surface area contributed by atoms with Gasteiger partial charge in [0.05, 0.1) is 6.04 Å². The van der Waals surface area contributed by atoms with Crippen molar-refractivity contribution < 1.29 is 5.11 Å². The van der Waals surface area contributed by atoms with Crippen LogP contribution in [0.25, 0.3) is 0 Å². The summed E-state index contributed by atoms with van der Waals surface area (Å²) in [6.07, 6.45) is 3.17. The number of aliphatic hydroxyl groups excluding tert-OH is 1.